The second-order valence-electron chi connectivity index (χ2n) is 6.59. The minimum absolute atomic E-state index is 0.145. The van der Waals surface area contributed by atoms with Gasteiger partial charge in [0.1, 0.15) is 11.8 Å². The van der Waals surface area contributed by atoms with E-state index in [-0.39, 0.29) is 17.9 Å². The molecule has 2 aromatic rings. The molecule has 0 aromatic heterocycles. The van der Waals surface area contributed by atoms with Crippen LogP contribution in [0, 0.1) is 6.92 Å². The molecular weight excluding hydrogens is 372 g/mol. The van der Waals surface area contributed by atoms with Crippen LogP contribution in [0.3, 0.4) is 0 Å². The minimum Gasteiger partial charge on any atom is -0.496 e. The summed E-state index contributed by atoms with van der Waals surface area (Å²) < 4.78 is 5.26. The lowest BCUT2D eigenvalue weighted by Gasteiger charge is -2.22. The molecule has 0 fully saturated rings. The number of para-hydroxylation sites is 1. The SMILES string of the molecule is COc1ccccc1C(=O)NC(CCSC)C(=O)NC(C)c1ccccc1C. The first-order chi connectivity index (χ1) is 13.5. The van der Waals surface area contributed by atoms with E-state index in [0.717, 1.165) is 16.9 Å². The lowest BCUT2D eigenvalue weighted by Crippen LogP contribution is -2.47. The summed E-state index contributed by atoms with van der Waals surface area (Å²) in [7, 11) is 1.52. The van der Waals surface area contributed by atoms with E-state index in [0.29, 0.717) is 17.7 Å². The van der Waals surface area contributed by atoms with Crippen molar-refractivity contribution in [1.29, 1.82) is 0 Å². The fourth-order valence-corrected chi connectivity index (χ4v) is 3.51. The maximum Gasteiger partial charge on any atom is 0.255 e. The van der Waals surface area contributed by atoms with Crippen molar-refractivity contribution in [3.63, 3.8) is 0 Å². The second kappa shape index (κ2) is 10.8. The van der Waals surface area contributed by atoms with Gasteiger partial charge in [0.15, 0.2) is 0 Å². The molecule has 0 aliphatic carbocycles. The number of benzene rings is 2. The van der Waals surface area contributed by atoms with Crippen molar-refractivity contribution in [2.75, 3.05) is 19.1 Å². The van der Waals surface area contributed by atoms with Crippen molar-refractivity contribution in [2.45, 2.75) is 32.4 Å². The summed E-state index contributed by atoms with van der Waals surface area (Å²) in [4.78, 5) is 25.6. The van der Waals surface area contributed by atoms with Gasteiger partial charge in [0.2, 0.25) is 5.91 Å². The van der Waals surface area contributed by atoms with Gasteiger partial charge in [0, 0.05) is 0 Å². The maximum absolute atomic E-state index is 12.9. The third kappa shape index (κ3) is 5.76. The average molecular weight is 401 g/mol. The Balaban J connectivity index is 2.12. The summed E-state index contributed by atoms with van der Waals surface area (Å²) in [6.07, 6.45) is 2.53. The van der Waals surface area contributed by atoms with Crippen molar-refractivity contribution < 1.29 is 14.3 Å². The van der Waals surface area contributed by atoms with E-state index in [1.807, 2.05) is 44.4 Å². The molecule has 2 unspecified atom stereocenters. The van der Waals surface area contributed by atoms with Crippen LogP contribution >= 0.6 is 11.8 Å². The van der Waals surface area contributed by atoms with E-state index in [1.165, 1.54) is 7.11 Å². The average Bonchev–Trinajstić information content (AvgIpc) is 2.70. The molecule has 0 bridgehead atoms. The molecule has 28 heavy (non-hydrogen) atoms. The van der Waals surface area contributed by atoms with Gasteiger partial charge in [0.25, 0.3) is 5.91 Å². The largest absolute Gasteiger partial charge is 0.496 e. The molecule has 2 N–H and O–H groups in total. The van der Waals surface area contributed by atoms with Crippen LogP contribution in [-0.4, -0.2) is 37.0 Å². The third-order valence-electron chi connectivity index (χ3n) is 4.60. The Morgan fingerprint density at radius 3 is 2.43 bits per heavy atom. The van der Waals surface area contributed by atoms with Crippen LogP contribution in [0.5, 0.6) is 5.75 Å². The zero-order chi connectivity index (χ0) is 20.5. The van der Waals surface area contributed by atoms with Gasteiger partial charge in [-0.05, 0) is 55.5 Å². The van der Waals surface area contributed by atoms with Gasteiger partial charge in [-0.1, -0.05) is 36.4 Å². The summed E-state index contributed by atoms with van der Waals surface area (Å²) in [5.41, 5.74) is 2.60. The van der Waals surface area contributed by atoms with Crippen LogP contribution in [0.4, 0.5) is 0 Å². The Hall–Kier alpha value is -2.47. The summed E-state index contributed by atoms with van der Waals surface area (Å²) >= 11 is 1.64. The first-order valence-electron chi connectivity index (χ1n) is 9.26. The molecule has 6 heteroatoms. The van der Waals surface area contributed by atoms with Crippen molar-refractivity contribution >= 4 is 23.6 Å². The van der Waals surface area contributed by atoms with Crippen LogP contribution in [-0.2, 0) is 4.79 Å². The standard InChI is InChI=1S/C22H28N2O3S/c1-15-9-5-6-10-17(15)16(2)23-22(26)19(13-14-28-4)24-21(25)18-11-7-8-12-20(18)27-3/h5-12,16,19H,13-14H2,1-4H3,(H,23,26)(H,24,25). The smallest absolute Gasteiger partial charge is 0.255 e. The van der Waals surface area contributed by atoms with E-state index < -0.39 is 6.04 Å². The highest BCUT2D eigenvalue weighted by Crippen LogP contribution is 2.19. The third-order valence-corrected chi connectivity index (χ3v) is 5.24. The second-order valence-corrected chi connectivity index (χ2v) is 7.58. The molecule has 0 saturated carbocycles. The number of amides is 2. The molecular formula is C22H28N2O3S. The van der Waals surface area contributed by atoms with E-state index >= 15 is 0 Å². The summed E-state index contributed by atoms with van der Waals surface area (Å²) in [5.74, 6) is 0.746. The van der Waals surface area contributed by atoms with Crippen molar-refractivity contribution in [3.8, 4) is 5.75 Å². The molecule has 2 rings (SSSR count). The number of rotatable bonds is 9. The number of hydrogen-bond acceptors (Lipinski definition) is 4. The van der Waals surface area contributed by atoms with Crippen LogP contribution in [0.2, 0.25) is 0 Å². The summed E-state index contributed by atoms with van der Waals surface area (Å²) in [6, 6.07) is 14.2. The number of aryl methyl sites for hydroxylation is 1. The highest BCUT2D eigenvalue weighted by molar-refractivity contribution is 7.98. The van der Waals surface area contributed by atoms with E-state index in [9.17, 15) is 9.59 Å². The van der Waals surface area contributed by atoms with E-state index in [4.69, 9.17) is 4.74 Å². The lowest BCUT2D eigenvalue weighted by molar-refractivity contribution is -0.123. The van der Waals surface area contributed by atoms with E-state index in [2.05, 4.69) is 10.6 Å². The zero-order valence-electron chi connectivity index (χ0n) is 16.8. The molecule has 5 nitrogen and oxygen atoms in total. The highest BCUT2D eigenvalue weighted by Gasteiger charge is 2.24. The van der Waals surface area contributed by atoms with Crippen LogP contribution in [0.15, 0.2) is 48.5 Å². The Morgan fingerprint density at radius 2 is 1.75 bits per heavy atom. The van der Waals surface area contributed by atoms with Crippen molar-refractivity contribution in [1.82, 2.24) is 10.6 Å². The molecule has 0 spiro atoms. The molecule has 0 saturated heterocycles. The fourth-order valence-electron chi connectivity index (χ4n) is 3.04. The molecule has 0 aliphatic rings. The van der Waals surface area contributed by atoms with Crippen LogP contribution in [0.1, 0.15) is 40.9 Å². The van der Waals surface area contributed by atoms with Gasteiger partial charge >= 0.3 is 0 Å². The summed E-state index contributed by atoms with van der Waals surface area (Å²) in [5, 5.41) is 5.91. The zero-order valence-corrected chi connectivity index (χ0v) is 17.6. The molecule has 0 heterocycles. The van der Waals surface area contributed by atoms with Gasteiger partial charge in [-0.15, -0.1) is 0 Å². The molecule has 0 radical (unpaired) electrons. The maximum atomic E-state index is 12.9. The van der Waals surface area contributed by atoms with Gasteiger partial charge in [-0.25, -0.2) is 0 Å². The Morgan fingerprint density at radius 1 is 1.07 bits per heavy atom. The topological polar surface area (TPSA) is 67.4 Å². The predicted molar refractivity (Wildman–Crippen MR) is 115 cm³/mol. The number of methoxy groups -OCH3 is 1. The van der Waals surface area contributed by atoms with Crippen molar-refractivity contribution in [3.05, 3.63) is 65.2 Å². The Bertz CT molecular complexity index is 810. The molecule has 2 amide bonds. The minimum atomic E-state index is -0.615. The Labute approximate surface area is 171 Å². The Kier molecular flexibility index (Phi) is 8.39. The number of ether oxygens (including phenoxy) is 1. The first-order valence-corrected chi connectivity index (χ1v) is 10.7. The monoisotopic (exact) mass is 400 g/mol. The number of hydrogen-bond donors (Lipinski definition) is 2. The molecule has 2 aromatic carbocycles. The number of carbonyl (C=O) groups excluding carboxylic acids is 2. The predicted octanol–water partition coefficient (Wildman–Crippen LogP) is 3.73. The quantitative estimate of drug-likeness (QED) is 0.673. The van der Waals surface area contributed by atoms with Crippen LogP contribution < -0.4 is 15.4 Å². The molecule has 150 valence electrons. The molecule has 2 atom stereocenters. The lowest BCUT2D eigenvalue weighted by atomic mass is 10.0. The van der Waals surface area contributed by atoms with Gasteiger partial charge in [-0.2, -0.15) is 11.8 Å². The number of nitrogens with one attached hydrogen (secondary N) is 2. The highest BCUT2D eigenvalue weighted by atomic mass is 32.2. The fraction of sp³-hybridized carbons (Fsp3) is 0.364. The van der Waals surface area contributed by atoms with Gasteiger partial charge < -0.3 is 15.4 Å². The first kappa shape index (κ1) is 21.8. The van der Waals surface area contributed by atoms with Gasteiger partial charge in [-0.3, -0.25) is 9.59 Å². The normalized spacial score (nSPS) is 12.7. The summed E-state index contributed by atoms with van der Waals surface area (Å²) in [6.45, 7) is 3.97. The van der Waals surface area contributed by atoms with Gasteiger partial charge in [0.05, 0.1) is 18.7 Å². The number of thioether (sulfide) groups is 1. The number of carbonyl (C=O) groups is 2. The van der Waals surface area contributed by atoms with Crippen LogP contribution in [0.25, 0.3) is 0 Å². The van der Waals surface area contributed by atoms with Crippen molar-refractivity contribution in [2.24, 2.45) is 0 Å². The molecule has 0 aliphatic heterocycles. The van der Waals surface area contributed by atoms with E-state index in [1.54, 1.807) is 36.0 Å².